The summed E-state index contributed by atoms with van der Waals surface area (Å²) in [5.74, 6) is -0.702. The molecule has 1 saturated carbocycles. The van der Waals surface area contributed by atoms with E-state index >= 15 is 0 Å². The fourth-order valence-electron chi connectivity index (χ4n) is 4.11. The SMILES string of the molecule is CCc1nn(C2CCCC2)c2cc(C(=O)NCC(=O)NOCc3ccccc3)ccc12. The molecule has 3 aromatic rings. The molecule has 4 rings (SSSR count). The summed E-state index contributed by atoms with van der Waals surface area (Å²) >= 11 is 0. The number of nitrogens with zero attached hydrogens (tertiary/aromatic N) is 2. The highest BCUT2D eigenvalue weighted by Crippen LogP contribution is 2.33. The number of fused-ring (bicyclic) bond motifs is 1. The summed E-state index contributed by atoms with van der Waals surface area (Å²) in [4.78, 5) is 29.8. The van der Waals surface area contributed by atoms with Crippen molar-refractivity contribution in [3.63, 3.8) is 0 Å². The van der Waals surface area contributed by atoms with Crippen molar-refractivity contribution in [3.8, 4) is 0 Å². The number of hydrogen-bond donors (Lipinski definition) is 2. The van der Waals surface area contributed by atoms with E-state index in [1.54, 1.807) is 6.07 Å². The molecule has 0 atom stereocenters. The van der Waals surface area contributed by atoms with E-state index in [-0.39, 0.29) is 19.1 Å². The van der Waals surface area contributed by atoms with E-state index in [4.69, 9.17) is 9.94 Å². The van der Waals surface area contributed by atoms with E-state index in [9.17, 15) is 9.59 Å². The van der Waals surface area contributed by atoms with Gasteiger partial charge in [0.2, 0.25) is 0 Å². The van der Waals surface area contributed by atoms with Gasteiger partial charge >= 0.3 is 0 Å². The van der Waals surface area contributed by atoms with Crippen molar-refractivity contribution in [2.75, 3.05) is 6.54 Å². The Morgan fingerprint density at radius 1 is 1.13 bits per heavy atom. The van der Waals surface area contributed by atoms with Gasteiger partial charge in [-0.2, -0.15) is 5.10 Å². The minimum absolute atomic E-state index is 0.159. The summed E-state index contributed by atoms with van der Waals surface area (Å²) in [6.45, 7) is 2.20. The first kappa shape index (κ1) is 21.1. The number of aryl methyl sites for hydroxylation is 1. The van der Waals surface area contributed by atoms with E-state index in [0.717, 1.165) is 41.4 Å². The number of amides is 2. The molecule has 31 heavy (non-hydrogen) atoms. The van der Waals surface area contributed by atoms with Crippen LogP contribution in [-0.4, -0.2) is 28.1 Å². The van der Waals surface area contributed by atoms with Gasteiger partial charge in [0.05, 0.1) is 30.4 Å². The molecule has 7 nitrogen and oxygen atoms in total. The summed E-state index contributed by atoms with van der Waals surface area (Å²) in [5, 5.41) is 8.58. The highest BCUT2D eigenvalue weighted by Gasteiger charge is 2.22. The summed E-state index contributed by atoms with van der Waals surface area (Å²) in [6.07, 6.45) is 5.54. The Morgan fingerprint density at radius 3 is 2.65 bits per heavy atom. The number of carbonyl (C=O) groups is 2. The monoisotopic (exact) mass is 420 g/mol. The molecule has 0 radical (unpaired) electrons. The van der Waals surface area contributed by atoms with Crippen molar-refractivity contribution in [1.82, 2.24) is 20.6 Å². The molecule has 7 heteroatoms. The van der Waals surface area contributed by atoms with Gasteiger partial charge in [0, 0.05) is 10.9 Å². The van der Waals surface area contributed by atoms with Crippen LogP contribution in [-0.2, 0) is 22.7 Å². The third-order valence-electron chi connectivity index (χ3n) is 5.73. The third kappa shape index (κ3) is 4.94. The zero-order chi connectivity index (χ0) is 21.6. The molecule has 2 aromatic carbocycles. The molecule has 1 aliphatic carbocycles. The summed E-state index contributed by atoms with van der Waals surface area (Å²) in [7, 11) is 0. The van der Waals surface area contributed by atoms with Gasteiger partial charge in [-0.05, 0) is 37.0 Å². The number of aromatic nitrogens is 2. The number of nitrogens with one attached hydrogen (secondary N) is 2. The molecule has 2 amide bonds. The van der Waals surface area contributed by atoms with Gasteiger partial charge in [-0.25, -0.2) is 5.48 Å². The molecular formula is C24H28N4O3. The molecule has 0 unspecified atom stereocenters. The molecule has 0 saturated heterocycles. The van der Waals surface area contributed by atoms with Gasteiger partial charge < -0.3 is 5.32 Å². The second kappa shape index (κ2) is 9.75. The van der Waals surface area contributed by atoms with Crippen LogP contribution in [0.1, 0.15) is 60.3 Å². The van der Waals surface area contributed by atoms with Gasteiger partial charge in [0.25, 0.3) is 11.8 Å². The molecule has 0 bridgehead atoms. The van der Waals surface area contributed by atoms with Crippen LogP contribution in [0, 0.1) is 0 Å². The minimum Gasteiger partial charge on any atom is -0.343 e. The van der Waals surface area contributed by atoms with E-state index in [1.165, 1.54) is 12.8 Å². The number of hydrogen-bond acceptors (Lipinski definition) is 4. The Labute approximate surface area is 181 Å². The number of benzene rings is 2. The fourth-order valence-corrected chi connectivity index (χ4v) is 4.11. The van der Waals surface area contributed by atoms with Crippen molar-refractivity contribution in [2.24, 2.45) is 0 Å². The van der Waals surface area contributed by atoms with Crippen LogP contribution >= 0.6 is 0 Å². The lowest BCUT2D eigenvalue weighted by Gasteiger charge is -2.12. The van der Waals surface area contributed by atoms with Crippen LogP contribution in [0.15, 0.2) is 48.5 Å². The molecular weight excluding hydrogens is 392 g/mol. The maximum absolute atomic E-state index is 12.6. The predicted octanol–water partition coefficient (Wildman–Crippen LogP) is 3.69. The molecule has 0 spiro atoms. The second-order valence-corrected chi connectivity index (χ2v) is 7.90. The Hall–Kier alpha value is -3.19. The van der Waals surface area contributed by atoms with Crippen LogP contribution in [0.4, 0.5) is 0 Å². The van der Waals surface area contributed by atoms with Crippen molar-refractivity contribution >= 4 is 22.7 Å². The normalized spacial score (nSPS) is 14.1. The van der Waals surface area contributed by atoms with Crippen molar-refractivity contribution in [1.29, 1.82) is 0 Å². The van der Waals surface area contributed by atoms with Crippen molar-refractivity contribution < 1.29 is 14.4 Å². The quantitative estimate of drug-likeness (QED) is 0.544. The number of rotatable bonds is 8. The topological polar surface area (TPSA) is 85.2 Å². The molecule has 2 N–H and O–H groups in total. The lowest BCUT2D eigenvalue weighted by atomic mass is 10.1. The number of carbonyl (C=O) groups excluding carboxylic acids is 2. The molecule has 1 heterocycles. The van der Waals surface area contributed by atoms with Crippen LogP contribution in [0.25, 0.3) is 10.9 Å². The van der Waals surface area contributed by atoms with E-state index in [1.807, 2.05) is 42.5 Å². The van der Waals surface area contributed by atoms with E-state index < -0.39 is 5.91 Å². The van der Waals surface area contributed by atoms with Crippen LogP contribution < -0.4 is 10.8 Å². The van der Waals surface area contributed by atoms with E-state index in [2.05, 4.69) is 22.4 Å². The van der Waals surface area contributed by atoms with Crippen molar-refractivity contribution in [3.05, 3.63) is 65.4 Å². The number of hydroxylamine groups is 1. The van der Waals surface area contributed by atoms with Crippen molar-refractivity contribution in [2.45, 2.75) is 51.7 Å². The molecule has 0 aliphatic heterocycles. The van der Waals surface area contributed by atoms with Crippen LogP contribution in [0.5, 0.6) is 0 Å². The van der Waals surface area contributed by atoms with Gasteiger partial charge in [-0.1, -0.05) is 56.2 Å². The van der Waals surface area contributed by atoms with Crippen LogP contribution in [0.2, 0.25) is 0 Å². The molecule has 1 fully saturated rings. The maximum atomic E-state index is 12.6. The predicted molar refractivity (Wildman–Crippen MR) is 118 cm³/mol. The largest absolute Gasteiger partial charge is 0.343 e. The zero-order valence-corrected chi connectivity index (χ0v) is 17.8. The van der Waals surface area contributed by atoms with Gasteiger partial charge in [-0.15, -0.1) is 0 Å². The standard InChI is InChI=1S/C24H28N4O3/c1-2-21-20-13-12-18(14-22(20)28(26-21)19-10-6-7-11-19)24(30)25-15-23(29)27-31-16-17-8-4-3-5-9-17/h3-5,8-9,12-14,19H,2,6-7,10-11,15-16H2,1H3,(H,25,30)(H,27,29). The highest BCUT2D eigenvalue weighted by molar-refractivity contribution is 5.99. The maximum Gasteiger partial charge on any atom is 0.262 e. The first-order chi connectivity index (χ1) is 15.2. The van der Waals surface area contributed by atoms with Gasteiger partial charge in [0.1, 0.15) is 0 Å². The molecule has 1 aromatic heterocycles. The minimum atomic E-state index is -0.408. The first-order valence-corrected chi connectivity index (χ1v) is 10.9. The lowest BCUT2D eigenvalue weighted by molar-refractivity contribution is -0.133. The zero-order valence-electron chi connectivity index (χ0n) is 17.8. The van der Waals surface area contributed by atoms with Crippen LogP contribution in [0.3, 0.4) is 0 Å². The summed E-state index contributed by atoms with van der Waals surface area (Å²) < 4.78 is 2.10. The van der Waals surface area contributed by atoms with Gasteiger partial charge in [-0.3, -0.25) is 19.1 Å². The van der Waals surface area contributed by atoms with Gasteiger partial charge in [0.15, 0.2) is 0 Å². The van der Waals surface area contributed by atoms with E-state index in [0.29, 0.717) is 11.6 Å². The Kier molecular flexibility index (Phi) is 6.62. The Balaban J connectivity index is 1.37. The lowest BCUT2D eigenvalue weighted by Crippen LogP contribution is -2.36. The highest BCUT2D eigenvalue weighted by atomic mass is 16.6. The summed E-state index contributed by atoms with van der Waals surface area (Å²) in [5.41, 5.74) is 5.88. The average Bonchev–Trinajstić information content (AvgIpc) is 3.45. The smallest absolute Gasteiger partial charge is 0.262 e. The molecule has 162 valence electrons. The Morgan fingerprint density at radius 2 is 1.90 bits per heavy atom. The molecule has 1 aliphatic rings. The fraction of sp³-hybridized carbons (Fsp3) is 0.375. The summed E-state index contributed by atoms with van der Waals surface area (Å²) in [6, 6.07) is 15.6. The second-order valence-electron chi connectivity index (χ2n) is 7.90. The third-order valence-corrected chi connectivity index (χ3v) is 5.73. The Bertz CT molecular complexity index is 1060. The first-order valence-electron chi connectivity index (χ1n) is 10.9. The average molecular weight is 421 g/mol.